The second-order valence-electron chi connectivity index (χ2n) is 5.61. The fraction of sp³-hybridized carbons (Fsp3) is 0.625. The summed E-state index contributed by atoms with van der Waals surface area (Å²) >= 11 is 1.62. The van der Waals surface area contributed by atoms with Crippen molar-refractivity contribution in [3.05, 3.63) is 29.6 Å². The van der Waals surface area contributed by atoms with Gasteiger partial charge in [-0.3, -0.25) is 0 Å². The van der Waals surface area contributed by atoms with Gasteiger partial charge in [-0.05, 0) is 36.1 Å². The highest BCUT2D eigenvalue weighted by Gasteiger charge is 2.06. The Bertz CT molecular complexity index is 379. The second kappa shape index (κ2) is 8.60. The number of hydrogen-bond donors (Lipinski definition) is 1. The van der Waals surface area contributed by atoms with Crippen molar-refractivity contribution in [2.45, 2.75) is 45.6 Å². The van der Waals surface area contributed by atoms with E-state index in [9.17, 15) is 4.39 Å². The molecule has 1 atom stereocenters. The third-order valence-corrected chi connectivity index (χ3v) is 4.48. The summed E-state index contributed by atoms with van der Waals surface area (Å²) in [5, 5.41) is 3.33. The van der Waals surface area contributed by atoms with Gasteiger partial charge >= 0.3 is 0 Å². The highest BCUT2D eigenvalue weighted by Crippen LogP contribution is 2.25. The molecule has 0 saturated heterocycles. The van der Waals surface area contributed by atoms with Crippen molar-refractivity contribution in [3.8, 4) is 0 Å². The fourth-order valence-electron chi connectivity index (χ4n) is 1.63. The average molecular weight is 283 g/mol. The Morgan fingerprint density at radius 2 is 2.00 bits per heavy atom. The van der Waals surface area contributed by atoms with E-state index in [2.05, 4.69) is 33.0 Å². The van der Waals surface area contributed by atoms with E-state index < -0.39 is 0 Å². The van der Waals surface area contributed by atoms with Gasteiger partial charge in [-0.1, -0.05) is 40.2 Å². The first-order valence-corrected chi connectivity index (χ1v) is 8.13. The molecule has 0 radical (unpaired) electrons. The lowest BCUT2D eigenvalue weighted by Gasteiger charge is -2.10. The first kappa shape index (κ1) is 16.5. The number of halogens is 1. The van der Waals surface area contributed by atoms with Crippen LogP contribution in [0.15, 0.2) is 23.1 Å². The van der Waals surface area contributed by atoms with E-state index in [0.717, 1.165) is 35.7 Å². The maximum Gasteiger partial charge on any atom is 0.137 e. The fourth-order valence-corrected chi connectivity index (χ4v) is 2.69. The molecule has 1 rings (SSSR count). The van der Waals surface area contributed by atoms with Gasteiger partial charge in [-0.25, -0.2) is 4.39 Å². The predicted molar refractivity (Wildman–Crippen MR) is 83.1 cm³/mol. The molecule has 1 nitrogen and oxygen atoms in total. The van der Waals surface area contributed by atoms with Crippen LogP contribution in [-0.2, 0) is 6.54 Å². The van der Waals surface area contributed by atoms with Crippen LogP contribution in [0.3, 0.4) is 0 Å². The molecule has 19 heavy (non-hydrogen) atoms. The lowest BCUT2D eigenvalue weighted by molar-refractivity contribution is 0.548. The summed E-state index contributed by atoms with van der Waals surface area (Å²) in [5.74, 6) is 2.15. The van der Waals surface area contributed by atoms with Crippen LogP contribution in [0.4, 0.5) is 4.39 Å². The lowest BCUT2D eigenvalue weighted by Crippen LogP contribution is -2.19. The molecule has 0 fully saturated rings. The molecule has 0 aromatic heterocycles. The van der Waals surface area contributed by atoms with E-state index in [0.29, 0.717) is 11.8 Å². The Hall–Kier alpha value is -0.540. The topological polar surface area (TPSA) is 12.0 Å². The quantitative estimate of drug-likeness (QED) is 0.693. The maximum atomic E-state index is 13.9. The molecule has 0 heterocycles. The molecule has 1 unspecified atom stereocenters. The van der Waals surface area contributed by atoms with Crippen molar-refractivity contribution in [1.82, 2.24) is 5.32 Å². The average Bonchev–Trinajstić information content (AvgIpc) is 2.37. The molecule has 108 valence electrons. The van der Waals surface area contributed by atoms with Crippen LogP contribution in [0.5, 0.6) is 0 Å². The molecule has 1 aromatic rings. The van der Waals surface area contributed by atoms with E-state index in [4.69, 9.17) is 0 Å². The van der Waals surface area contributed by atoms with Crippen molar-refractivity contribution >= 4 is 11.8 Å². The lowest BCUT2D eigenvalue weighted by atomic mass is 10.2. The monoisotopic (exact) mass is 283 g/mol. The van der Waals surface area contributed by atoms with Gasteiger partial charge in [0.1, 0.15) is 5.82 Å². The zero-order chi connectivity index (χ0) is 14.3. The SMILES string of the molecule is CCC(C)CSc1ccc(CNCC(C)C)cc1F. The van der Waals surface area contributed by atoms with Crippen LogP contribution < -0.4 is 5.32 Å². The predicted octanol–water partition coefficient (Wildman–Crippen LogP) is 4.71. The largest absolute Gasteiger partial charge is 0.312 e. The van der Waals surface area contributed by atoms with Gasteiger partial charge in [-0.15, -0.1) is 11.8 Å². The van der Waals surface area contributed by atoms with Crippen molar-refractivity contribution in [1.29, 1.82) is 0 Å². The summed E-state index contributed by atoms with van der Waals surface area (Å²) in [6.07, 6.45) is 1.14. The molecule has 0 aliphatic carbocycles. The highest BCUT2D eigenvalue weighted by molar-refractivity contribution is 7.99. The molecule has 3 heteroatoms. The Balaban J connectivity index is 2.49. The molecule has 0 bridgehead atoms. The molecule has 0 spiro atoms. The summed E-state index contributed by atoms with van der Waals surface area (Å²) in [6, 6.07) is 5.59. The minimum absolute atomic E-state index is 0.0860. The smallest absolute Gasteiger partial charge is 0.137 e. The summed E-state index contributed by atoms with van der Waals surface area (Å²) < 4.78 is 13.9. The van der Waals surface area contributed by atoms with Crippen molar-refractivity contribution in [2.24, 2.45) is 11.8 Å². The van der Waals surface area contributed by atoms with Gasteiger partial charge < -0.3 is 5.32 Å². The standard InChI is InChI=1S/C16H26FNS/c1-5-13(4)11-19-16-7-6-14(8-15(16)17)10-18-9-12(2)3/h6-8,12-13,18H,5,9-11H2,1-4H3. The number of thioether (sulfide) groups is 1. The maximum absolute atomic E-state index is 13.9. The van der Waals surface area contributed by atoms with Gasteiger partial charge in [0.05, 0.1) is 0 Å². The van der Waals surface area contributed by atoms with Crippen LogP contribution >= 0.6 is 11.8 Å². The van der Waals surface area contributed by atoms with Crippen LogP contribution in [0.2, 0.25) is 0 Å². The number of hydrogen-bond acceptors (Lipinski definition) is 2. The summed E-state index contributed by atoms with van der Waals surface area (Å²) in [4.78, 5) is 0.771. The minimum Gasteiger partial charge on any atom is -0.312 e. The first-order valence-electron chi connectivity index (χ1n) is 7.14. The summed E-state index contributed by atoms with van der Waals surface area (Å²) in [6.45, 7) is 10.4. The highest BCUT2D eigenvalue weighted by atomic mass is 32.2. The molecule has 1 N–H and O–H groups in total. The Morgan fingerprint density at radius 3 is 2.58 bits per heavy atom. The van der Waals surface area contributed by atoms with Gasteiger partial charge in [0.15, 0.2) is 0 Å². The molecule has 0 saturated carbocycles. The number of nitrogens with one attached hydrogen (secondary N) is 1. The second-order valence-corrected chi connectivity index (χ2v) is 6.68. The van der Waals surface area contributed by atoms with E-state index >= 15 is 0 Å². The molecular formula is C16H26FNS. The van der Waals surface area contributed by atoms with E-state index in [-0.39, 0.29) is 5.82 Å². The van der Waals surface area contributed by atoms with Crippen LogP contribution in [0.25, 0.3) is 0 Å². The van der Waals surface area contributed by atoms with Crippen molar-refractivity contribution < 1.29 is 4.39 Å². The van der Waals surface area contributed by atoms with Crippen molar-refractivity contribution in [2.75, 3.05) is 12.3 Å². The van der Waals surface area contributed by atoms with Crippen LogP contribution in [0, 0.1) is 17.7 Å². The molecule has 1 aromatic carbocycles. The molecule has 0 aliphatic heterocycles. The third kappa shape index (κ3) is 6.44. The Labute approximate surface area is 121 Å². The zero-order valence-corrected chi connectivity index (χ0v) is 13.3. The van der Waals surface area contributed by atoms with Gasteiger partial charge in [0.2, 0.25) is 0 Å². The third-order valence-electron chi connectivity index (χ3n) is 3.10. The summed E-state index contributed by atoms with van der Waals surface area (Å²) in [7, 11) is 0. The van der Waals surface area contributed by atoms with Crippen LogP contribution in [0.1, 0.15) is 39.7 Å². The van der Waals surface area contributed by atoms with Gasteiger partial charge in [0.25, 0.3) is 0 Å². The van der Waals surface area contributed by atoms with Crippen molar-refractivity contribution in [3.63, 3.8) is 0 Å². The minimum atomic E-state index is -0.0860. The molecule has 0 aliphatic rings. The molecular weight excluding hydrogens is 257 g/mol. The Kier molecular flexibility index (Phi) is 7.47. The number of rotatable bonds is 8. The van der Waals surface area contributed by atoms with E-state index in [1.165, 1.54) is 0 Å². The van der Waals surface area contributed by atoms with Gasteiger partial charge in [-0.2, -0.15) is 0 Å². The Morgan fingerprint density at radius 1 is 1.26 bits per heavy atom. The molecule has 0 amide bonds. The van der Waals surface area contributed by atoms with E-state index in [1.54, 1.807) is 17.8 Å². The normalized spacial score (nSPS) is 12.9. The summed E-state index contributed by atoms with van der Waals surface area (Å²) in [5.41, 5.74) is 1.02. The van der Waals surface area contributed by atoms with Gasteiger partial charge in [0, 0.05) is 17.2 Å². The number of benzene rings is 1. The first-order chi connectivity index (χ1) is 9.02. The van der Waals surface area contributed by atoms with Crippen LogP contribution in [-0.4, -0.2) is 12.3 Å². The van der Waals surface area contributed by atoms with E-state index in [1.807, 2.05) is 12.1 Å². The zero-order valence-electron chi connectivity index (χ0n) is 12.5.